The summed E-state index contributed by atoms with van der Waals surface area (Å²) >= 11 is 1.71. The number of carboxylic acids is 3. The molecule has 0 spiro atoms. The average Bonchev–Trinajstić information content (AvgIpc) is 2.75. The Bertz CT molecular complexity index is 389. The van der Waals surface area contributed by atoms with Crippen molar-refractivity contribution >= 4 is 40.4 Å². The number of carbonyl (C=O) groups is 3. The molecule has 9 nitrogen and oxygen atoms in total. The quantitative estimate of drug-likeness (QED) is 0.171. The molecule has 0 aliphatic carbocycles. The summed E-state index contributed by atoms with van der Waals surface area (Å²) in [5, 5.41) is 54.6. The number of hydrogen-bond acceptors (Lipinski definition) is 9. The molecule has 0 heterocycles. The van der Waals surface area contributed by atoms with Gasteiger partial charge in [-0.25, -0.2) is 0 Å². The van der Waals surface area contributed by atoms with E-state index in [0.29, 0.717) is 19.3 Å². The molecule has 0 aliphatic rings. The van der Waals surface area contributed by atoms with E-state index in [1.54, 1.807) is 43.3 Å². The first-order valence-corrected chi connectivity index (χ1v) is 13.8. The summed E-state index contributed by atoms with van der Waals surface area (Å²) in [5.74, 6) is -4.15. The molecule has 194 valence electrons. The van der Waals surface area contributed by atoms with E-state index < -0.39 is 36.2 Å². The molecule has 0 aromatic heterocycles. The summed E-state index contributed by atoms with van der Waals surface area (Å²) in [6.07, 6.45) is 7.70. The zero-order valence-corrected chi connectivity index (χ0v) is 23.6. The molecule has 0 radical (unpaired) electrons. The number of aliphatic carboxylic acids is 3. The van der Waals surface area contributed by atoms with Crippen LogP contribution in [0.4, 0.5) is 0 Å². The molecule has 0 fully saturated rings. The van der Waals surface area contributed by atoms with Crippen molar-refractivity contribution in [3.05, 3.63) is 0 Å². The maximum atomic E-state index is 9.73. The second-order valence-electron chi connectivity index (χ2n) is 7.39. The second kappa shape index (κ2) is 31.1. The molecule has 0 aliphatic heterocycles. The van der Waals surface area contributed by atoms with Gasteiger partial charge in [0, 0.05) is 0 Å². The molecule has 33 heavy (non-hydrogen) atoms. The van der Waals surface area contributed by atoms with Crippen LogP contribution in [0.15, 0.2) is 0 Å². The van der Waals surface area contributed by atoms with Crippen LogP contribution in [0.1, 0.15) is 105 Å². The van der Waals surface area contributed by atoms with Gasteiger partial charge in [0.05, 0.1) is 36.2 Å². The third-order valence-electron chi connectivity index (χ3n) is 4.03. The van der Waals surface area contributed by atoms with Gasteiger partial charge in [-0.2, -0.15) is 0 Å². The third kappa shape index (κ3) is 38.6. The molecule has 0 rings (SSSR count). The van der Waals surface area contributed by atoms with E-state index >= 15 is 0 Å². The van der Waals surface area contributed by atoms with E-state index in [0.717, 1.165) is 0 Å². The number of aliphatic hydroxyl groups is 3. The summed E-state index contributed by atoms with van der Waals surface area (Å²) in [6, 6.07) is 0. The average molecular weight is 583 g/mol. The summed E-state index contributed by atoms with van der Waals surface area (Å²) < 4.78 is 1.46. The summed E-state index contributed by atoms with van der Waals surface area (Å²) in [6.45, 7) is 7.66. The van der Waals surface area contributed by atoms with Crippen LogP contribution in [0.5, 0.6) is 0 Å². The van der Waals surface area contributed by atoms with Gasteiger partial charge in [-0.15, -0.1) is 0 Å². The fourth-order valence-electron chi connectivity index (χ4n) is 2.08. The predicted octanol–water partition coefficient (Wildman–Crippen LogP) is -0.374. The number of unbranched alkanes of at least 4 members (excludes halogenated alkanes) is 5. The number of carbonyl (C=O) groups excluding carboxylic acids is 3. The van der Waals surface area contributed by atoms with E-state index in [1.165, 1.54) is 43.0 Å². The zero-order chi connectivity index (χ0) is 26.7. The summed E-state index contributed by atoms with van der Waals surface area (Å²) in [5.41, 5.74) is 0. The molecule has 0 aromatic carbocycles. The van der Waals surface area contributed by atoms with E-state index in [9.17, 15) is 29.7 Å². The van der Waals surface area contributed by atoms with Gasteiger partial charge in [0.15, 0.2) is 0 Å². The van der Waals surface area contributed by atoms with Gasteiger partial charge >= 0.3 is 72.4 Å². The Balaban J connectivity index is -0.000000170. The zero-order valence-electron chi connectivity index (χ0n) is 20.7. The van der Waals surface area contributed by atoms with E-state index in [4.69, 9.17) is 15.3 Å². The monoisotopic (exact) mass is 584 g/mol. The van der Waals surface area contributed by atoms with Gasteiger partial charge in [-0.3, -0.25) is 0 Å². The van der Waals surface area contributed by atoms with Crippen molar-refractivity contribution in [3.8, 4) is 0 Å². The molecule has 0 aromatic rings. The van der Waals surface area contributed by atoms with Crippen LogP contribution in [0, 0.1) is 0 Å². The number of hydrogen-bond donors (Lipinski definition) is 3. The summed E-state index contributed by atoms with van der Waals surface area (Å²) in [7, 11) is 0. The van der Waals surface area contributed by atoms with Crippen LogP contribution >= 0.6 is 0 Å². The first kappa shape index (κ1) is 39.3. The van der Waals surface area contributed by atoms with Gasteiger partial charge in [-0.1, -0.05) is 40.0 Å². The van der Waals surface area contributed by atoms with Gasteiger partial charge in [0.25, 0.3) is 0 Å². The van der Waals surface area contributed by atoms with Crippen molar-refractivity contribution in [2.24, 2.45) is 0 Å². The summed E-state index contributed by atoms with van der Waals surface area (Å²) in [4.78, 5) is 29.2. The van der Waals surface area contributed by atoms with Crippen LogP contribution in [-0.4, -0.2) is 74.1 Å². The van der Waals surface area contributed by atoms with E-state index in [1.807, 2.05) is 0 Å². The fraction of sp³-hybridized carbons (Fsp3) is 0.870. The van der Waals surface area contributed by atoms with Gasteiger partial charge in [0.1, 0.15) is 0 Å². The van der Waals surface area contributed by atoms with Crippen molar-refractivity contribution < 1.29 is 45.0 Å². The minimum absolute atomic E-state index is 0.280. The van der Waals surface area contributed by atoms with Crippen molar-refractivity contribution in [3.63, 3.8) is 0 Å². The van der Waals surface area contributed by atoms with Crippen molar-refractivity contribution in [2.45, 2.75) is 127 Å². The standard InChI is InChI=1S/C8H17.3C5H10O3.Sn/c1-3-5-7-8-6-4-2;3*1-2-3-4(6)5(7)8;/h1,3-8H2,2H3;3*4,6H,2-3H2,1H3,(H,7,8);/q;;;;+3/p-3. The minimum atomic E-state index is -1.38. The Morgan fingerprint density at radius 3 is 1.03 bits per heavy atom. The number of rotatable bonds is 15. The third-order valence-corrected chi connectivity index (χ3v) is 5.04. The van der Waals surface area contributed by atoms with Crippen LogP contribution in [-0.2, 0) is 14.4 Å². The Kier molecular flexibility index (Phi) is 37.0. The number of aliphatic hydroxyl groups excluding tert-OH is 3. The Hall–Kier alpha value is -0.911. The maximum absolute atomic E-state index is 9.73. The topological polar surface area (TPSA) is 181 Å². The van der Waals surface area contributed by atoms with Crippen molar-refractivity contribution in [1.29, 1.82) is 0 Å². The molecule has 3 N–H and O–H groups in total. The molecule has 0 amide bonds. The molecule has 10 heteroatoms. The molecule has 3 unspecified atom stereocenters. The van der Waals surface area contributed by atoms with Crippen LogP contribution in [0.3, 0.4) is 0 Å². The molecule has 0 bridgehead atoms. The SMILES string of the molecule is CCCC(O)C(=O)[O-].CCCC(O)C(=O)[O-].CCCC(O)C(=O)[O-].CCCCCCC[CH2][Sn+3]. The first-order valence-electron chi connectivity index (χ1n) is 11.8. The molecular weight excluding hydrogens is 539 g/mol. The van der Waals surface area contributed by atoms with E-state index in [-0.39, 0.29) is 19.3 Å². The number of carboxylic acid groups (broad SMARTS) is 3. The van der Waals surface area contributed by atoms with Gasteiger partial charge < -0.3 is 45.0 Å². The van der Waals surface area contributed by atoms with Crippen LogP contribution < -0.4 is 15.3 Å². The van der Waals surface area contributed by atoms with Crippen LogP contribution in [0.25, 0.3) is 0 Å². The van der Waals surface area contributed by atoms with Crippen molar-refractivity contribution in [1.82, 2.24) is 0 Å². The Labute approximate surface area is 212 Å². The van der Waals surface area contributed by atoms with Crippen LogP contribution in [0.2, 0.25) is 4.44 Å². The Morgan fingerprint density at radius 2 is 0.848 bits per heavy atom. The fourth-order valence-corrected chi connectivity index (χ4v) is 2.79. The Morgan fingerprint density at radius 1 is 0.576 bits per heavy atom. The first-order chi connectivity index (χ1) is 15.5. The molecule has 0 saturated heterocycles. The molecule has 3 atom stereocenters. The normalized spacial score (nSPS) is 12.4. The van der Waals surface area contributed by atoms with Gasteiger partial charge in [-0.05, 0) is 19.3 Å². The molecule has 0 saturated carbocycles. The van der Waals surface area contributed by atoms with E-state index in [2.05, 4.69) is 6.92 Å². The molecular formula is C23H44O9Sn. The predicted molar refractivity (Wildman–Crippen MR) is 122 cm³/mol. The van der Waals surface area contributed by atoms with Crippen molar-refractivity contribution in [2.75, 3.05) is 0 Å². The second-order valence-corrected chi connectivity index (χ2v) is 8.82. The van der Waals surface area contributed by atoms with Gasteiger partial charge in [0.2, 0.25) is 0 Å².